The van der Waals surface area contributed by atoms with Gasteiger partial charge in [-0.05, 0) is 20.8 Å². The summed E-state index contributed by atoms with van der Waals surface area (Å²) in [5, 5.41) is 4.10. The van der Waals surface area contributed by atoms with E-state index in [1.54, 1.807) is 27.0 Å². The Balaban J connectivity index is 2.78. The Kier molecular flexibility index (Phi) is 3.11. The van der Waals surface area contributed by atoms with Crippen LogP contribution in [0.4, 0.5) is 5.69 Å². The van der Waals surface area contributed by atoms with Gasteiger partial charge in [0, 0.05) is 6.20 Å². The Morgan fingerprint density at radius 1 is 1.79 bits per heavy atom. The maximum absolute atomic E-state index is 11.3. The van der Waals surface area contributed by atoms with Gasteiger partial charge in [-0.2, -0.15) is 5.10 Å². The van der Waals surface area contributed by atoms with E-state index in [4.69, 9.17) is 10.5 Å². The Morgan fingerprint density at radius 3 is 2.86 bits per heavy atom. The third-order valence-electron chi connectivity index (χ3n) is 1.98. The third-order valence-corrected chi connectivity index (χ3v) is 1.98. The van der Waals surface area contributed by atoms with Gasteiger partial charge >= 0.3 is 5.97 Å². The molecule has 0 aliphatic carbocycles. The molecule has 0 saturated carbocycles. The Hall–Kier alpha value is -1.52. The second kappa shape index (κ2) is 4.13. The van der Waals surface area contributed by atoms with Gasteiger partial charge in [0.15, 0.2) is 0 Å². The predicted molar refractivity (Wildman–Crippen MR) is 52.7 cm³/mol. The molecule has 0 aromatic carbocycles. The van der Waals surface area contributed by atoms with Gasteiger partial charge in [-0.1, -0.05) is 0 Å². The van der Waals surface area contributed by atoms with Gasteiger partial charge < -0.3 is 10.5 Å². The molecule has 5 heteroatoms. The summed E-state index contributed by atoms with van der Waals surface area (Å²) in [5.41, 5.74) is 6.92. The van der Waals surface area contributed by atoms with Gasteiger partial charge in [-0.25, -0.2) is 4.79 Å². The molecular formula is C9H15N3O2. The number of nitrogens with zero attached hydrogens (tertiary/aromatic N) is 2. The molecule has 1 heterocycles. The molecule has 1 aromatic heterocycles. The Bertz CT molecular complexity index is 313. The monoisotopic (exact) mass is 197 g/mol. The number of anilines is 1. The van der Waals surface area contributed by atoms with E-state index in [9.17, 15) is 4.79 Å². The van der Waals surface area contributed by atoms with Crippen molar-refractivity contribution in [3.05, 3.63) is 11.9 Å². The molecule has 1 aromatic rings. The molecule has 14 heavy (non-hydrogen) atoms. The van der Waals surface area contributed by atoms with Crippen LogP contribution in [0.15, 0.2) is 6.20 Å². The number of ether oxygens (including phenoxy) is 1. The van der Waals surface area contributed by atoms with Crippen molar-refractivity contribution in [2.45, 2.75) is 26.8 Å². The average Bonchev–Trinajstić information content (AvgIpc) is 2.46. The molecule has 1 atom stereocenters. The van der Waals surface area contributed by atoms with E-state index < -0.39 is 6.04 Å². The fourth-order valence-corrected chi connectivity index (χ4v) is 1.06. The van der Waals surface area contributed by atoms with Crippen molar-refractivity contribution < 1.29 is 9.53 Å². The first-order chi connectivity index (χ1) is 6.56. The van der Waals surface area contributed by atoms with Gasteiger partial charge in [0.2, 0.25) is 0 Å². The van der Waals surface area contributed by atoms with Crippen molar-refractivity contribution in [2.24, 2.45) is 0 Å². The van der Waals surface area contributed by atoms with E-state index in [0.29, 0.717) is 12.3 Å². The summed E-state index contributed by atoms with van der Waals surface area (Å²) >= 11 is 0. The van der Waals surface area contributed by atoms with Crippen LogP contribution in [0.2, 0.25) is 0 Å². The van der Waals surface area contributed by atoms with E-state index >= 15 is 0 Å². The highest BCUT2D eigenvalue weighted by Crippen LogP contribution is 2.13. The highest BCUT2D eigenvalue weighted by Gasteiger charge is 2.17. The van der Waals surface area contributed by atoms with Crippen molar-refractivity contribution >= 4 is 11.7 Å². The average molecular weight is 197 g/mol. The quantitative estimate of drug-likeness (QED) is 0.731. The van der Waals surface area contributed by atoms with E-state index in [2.05, 4.69) is 5.10 Å². The van der Waals surface area contributed by atoms with Gasteiger partial charge in [0.1, 0.15) is 6.04 Å². The van der Waals surface area contributed by atoms with Crippen LogP contribution in [0.1, 0.15) is 25.6 Å². The highest BCUT2D eigenvalue weighted by atomic mass is 16.5. The number of aromatic nitrogens is 2. The standard InChI is InChI=1S/C9H15N3O2/c1-4-14-9(13)7(3)12-5-8(10)6(2)11-12/h5,7H,4,10H2,1-3H3. The van der Waals surface area contributed by atoms with Crippen molar-refractivity contribution in [1.29, 1.82) is 0 Å². The molecular weight excluding hydrogens is 182 g/mol. The fourth-order valence-electron chi connectivity index (χ4n) is 1.06. The number of hydrogen-bond acceptors (Lipinski definition) is 4. The van der Waals surface area contributed by atoms with Crippen molar-refractivity contribution in [1.82, 2.24) is 9.78 Å². The van der Waals surface area contributed by atoms with Crippen LogP contribution in [0.25, 0.3) is 0 Å². The van der Waals surface area contributed by atoms with Gasteiger partial charge in [0.25, 0.3) is 0 Å². The normalized spacial score (nSPS) is 12.5. The van der Waals surface area contributed by atoms with Gasteiger partial charge in [-0.15, -0.1) is 0 Å². The van der Waals surface area contributed by atoms with E-state index in [-0.39, 0.29) is 5.97 Å². The van der Waals surface area contributed by atoms with E-state index in [0.717, 1.165) is 5.69 Å². The summed E-state index contributed by atoms with van der Waals surface area (Å²) in [4.78, 5) is 11.3. The lowest BCUT2D eigenvalue weighted by molar-refractivity contribution is -0.146. The molecule has 0 aliphatic heterocycles. The predicted octanol–water partition coefficient (Wildman–Crippen LogP) is 0.898. The van der Waals surface area contributed by atoms with Crippen molar-refractivity contribution in [2.75, 3.05) is 12.3 Å². The van der Waals surface area contributed by atoms with Gasteiger partial charge in [-0.3, -0.25) is 4.68 Å². The van der Waals surface area contributed by atoms with Crippen LogP contribution in [0.5, 0.6) is 0 Å². The molecule has 1 rings (SSSR count). The fraction of sp³-hybridized carbons (Fsp3) is 0.556. The number of aryl methyl sites for hydroxylation is 1. The summed E-state index contributed by atoms with van der Waals surface area (Å²) in [6.45, 7) is 5.67. The Morgan fingerprint density at radius 2 is 2.43 bits per heavy atom. The molecule has 5 nitrogen and oxygen atoms in total. The molecule has 2 N–H and O–H groups in total. The van der Waals surface area contributed by atoms with Crippen molar-refractivity contribution in [3.63, 3.8) is 0 Å². The molecule has 1 unspecified atom stereocenters. The summed E-state index contributed by atoms with van der Waals surface area (Å²) in [5.74, 6) is -0.296. The van der Waals surface area contributed by atoms with Gasteiger partial charge in [0.05, 0.1) is 18.0 Å². The van der Waals surface area contributed by atoms with E-state index in [1.165, 1.54) is 4.68 Å². The summed E-state index contributed by atoms with van der Waals surface area (Å²) < 4.78 is 6.38. The molecule has 0 aliphatic rings. The number of esters is 1. The second-order valence-electron chi connectivity index (χ2n) is 3.08. The zero-order chi connectivity index (χ0) is 10.7. The number of carbonyl (C=O) groups is 1. The minimum atomic E-state index is -0.425. The highest BCUT2D eigenvalue weighted by molar-refractivity contribution is 5.73. The third kappa shape index (κ3) is 2.04. The number of nitrogen functional groups attached to an aromatic ring is 1. The van der Waals surface area contributed by atoms with Crippen LogP contribution < -0.4 is 5.73 Å². The maximum atomic E-state index is 11.3. The first kappa shape index (κ1) is 10.6. The molecule has 78 valence electrons. The van der Waals surface area contributed by atoms with Crippen molar-refractivity contribution in [3.8, 4) is 0 Å². The lowest BCUT2D eigenvalue weighted by Crippen LogP contribution is -2.19. The topological polar surface area (TPSA) is 70.1 Å². The number of carbonyl (C=O) groups excluding carboxylic acids is 1. The zero-order valence-electron chi connectivity index (χ0n) is 8.65. The molecule has 0 spiro atoms. The van der Waals surface area contributed by atoms with Crippen LogP contribution in [-0.2, 0) is 9.53 Å². The second-order valence-corrected chi connectivity index (χ2v) is 3.08. The number of nitrogens with two attached hydrogens (primary N) is 1. The largest absolute Gasteiger partial charge is 0.464 e. The smallest absolute Gasteiger partial charge is 0.330 e. The van der Waals surface area contributed by atoms with Crippen LogP contribution in [0, 0.1) is 6.92 Å². The maximum Gasteiger partial charge on any atom is 0.330 e. The minimum Gasteiger partial charge on any atom is -0.464 e. The summed E-state index contributed by atoms with van der Waals surface area (Å²) in [7, 11) is 0. The number of hydrogen-bond donors (Lipinski definition) is 1. The minimum absolute atomic E-state index is 0.296. The Labute approximate surface area is 82.8 Å². The van der Waals surface area contributed by atoms with Crippen LogP contribution in [0.3, 0.4) is 0 Å². The molecule has 0 radical (unpaired) electrons. The number of rotatable bonds is 3. The lowest BCUT2D eigenvalue weighted by Gasteiger charge is -2.10. The molecule has 0 saturated heterocycles. The SMILES string of the molecule is CCOC(=O)C(C)n1cc(N)c(C)n1. The van der Waals surface area contributed by atoms with E-state index in [1.807, 2.05) is 0 Å². The van der Waals surface area contributed by atoms with Crippen LogP contribution >= 0.6 is 0 Å². The summed E-state index contributed by atoms with van der Waals surface area (Å²) in [6.07, 6.45) is 1.64. The summed E-state index contributed by atoms with van der Waals surface area (Å²) in [6, 6.07) is -0.425. The zero-order valence-corrected chi connectivity index (χ0v) is 8.65. The first-order valence-electron chi connectivity index (χ1n) is 4.54. The first-order valence-corrected chi connectivity index (χ1v) is 4.54. The molecule has 0 amide bonds. The van der Waals surface area contributed by atoms with Crippen LogP contribution in [-0.4, -0.2) is 22.4 Å². The lowest BCUT2D eigenvalue weighted by atomic mass is 10.3. The molecule has 0 fully saturated rings. The molecule has 0 bridgehead atoms.